The molecule has 6 heteroatoms. The number of rotatable bonds is 9. The first-order chi connectivity index (χ1) is 12.4. The molecule has 0 saturated carbocycles. The molecule has 0 amide bonds. The van der Waals surface area contributed by atoms with Gasteiger partial charge in [-0.1, -0.05) is 12.1 Å². The molecule has 0 spiro atoms. The summed E-state index contributed by atoms with van der Waals surface area (Å²) >= 11 is 0. The summed E-state index contributed by atoms with van der Waals surface area (Å²) in [5.74, 6) is 0.124. The zero-order chi connectivity index (χ0) is 19.1. The number of phenolic OH excluding ortho intramolecular Hbond substituents is 3. The summed E-state index contributed by atoms with van der Waals surface area (Å²) in [7, 11) is 1.48. The Bertz CT molecular complexity index is 715. The molecule has 0 aromatic heterocycles. The number of hydrogen-bond donors (Lipinski definition) is 5. The molecule has 26 heavy (non-hydrogen) atoms. The maximum Gasteiger partial charge on any atom is 0.160 e. The van der Waals surface area contributed by atoms with Crippen LogP contribution in [0.3, 0.4) is 0 Å². The van der Waals surface area contributed by atoms with Gasteiger partial charge in [0.05, 0.1) is 19.3 Å². The number of ether oxygens (including phenoxy) is 1. The van der Waals surface area contributed by atoms with Crippen LogP contribution in [-0.4, -0.2) is 44.9 Å². The highest BCUT2D eigenvalue weighted by atomic mass is 16.5. The summed E-state index contributed by atoms with van der Waals surface area (Å²) in [5.41, 5.74) is 1.75. The van der Waals surface area contributed by atoms with Gasteiger partial charge in [-0.3, -0.25) is 0 Å². The van der Waals surface area contributed by atoms with Crippen molar-refractivity contribution in [1.29, 1.82) is 0 Å². The molecule has 0 radical (unpaired) electrons. The van der Waals surface area contributed by atoms with Gasteiger partial charge in [-0.25, -0.2) is 0 Å². The fourth-order valence-electron chi connectivity index (χ4n) is 2.82. The lowest BCUT2D eigenvalue weighted by molar-refractivity contribution is 0.0714. The van der Waals surface area contributed by atoms with Gasteiger partial charge >= 0.3 is 0 Å². The molecule has 0 heterocycles. The zero-order valence-electron chi connectivity index (χ0n) is 14.8. The number of hydrogen-bond acceptors (Lipinski definition) is 6. The summed E-state index contributed by atoms with van der Waals surface area (Å²) < 4.78 is 5.06. The van der Waals surface area contributed by atoms with Crippen molar-refractivity contribution < 1.29 is 30.3 Å². The van der Waals surface area contributed by atoms with E-state index in [9.17, 15) is 25.5 Å². The number of benzene rings is 2. The van der Waals surface area contributed by atoms with E-state index in [1.807, 2.05) is 0 Å². The van der Waals surface area contributed by atoms with Gasteiger partial charge in [0, 0.05) is 0 Å². The van der Waals surface area contributed by atoms with Gasteiger partial charge in [0.25, 0.3) is 0 Å². The Morgan fingerprint density at radius 1 is 0.769 bits per heavy atom. The average Bonchev–Trinajstić information content (AvgIpc) is 2.62. The molecule has 2 rings (SSSR count). The molecule has 142 valence electrons. The molecule has 5 N–H and O–H groups in total. The van der Waals surface area contributed by atoms with Gasteiger partial charge in [-0.05, 0) is 67.5 Å². The van der Waals surface area contributed by atoms with Crippen LogP contribution >= 0.6 is 0 Å². The van der Waals surface area contributed by atoms with E-state index in [-0.39, 0.29) is 23.7 Å². The van der Waals surface area contributed by atoms with Crippen LogP contribution in [0.15, 0.2) is 36.4 Å². The van der Waals surface area contributed by atoms with Crippen LogP contribution in [0.4, 0.5) is 0 Å². The molecule has 2 atom stereocenters. The van der Waals surface area contributed by atoms with E-state index in [2.05, 4.69) is 0 Å². The first kappa shape index (κ1) is 19.9. The van der Waals surface area contributed by atoms with Crippen LogP contribution in [0.2, 0.25) is 0 Å². The molecule has 0 aliphatic rings. The Labute approximate surface area is 152 Å². The number of methoxy groups -OCH3 is 1. The van der Waals surface area contributed by atoms with Gasteiger partial charge in [-0.15, -0.1) is 0 Å². The van der Waals surface area contributed by atoms with Gasteiger partial charge in [-0.2, -0.15) is 0 Å². The largest absolute Gasteiger partial charge is 0.504 e. The van der Waals surface area contributed by atoms with Crippen LogP contribution in [0.5, 0.6) is 23.0 Å². The fraction of sp³-hybridized carbons (Fsp3) is 0.400. The Morgan fingerprint density at radius 3 is 1.85 bits per heavy atom. The van der Waals surface area contributed by atoms with Crippen molar-refractivity contribution >= 4 is 0 Å². The Balaban J connectivity index is 1.76. The van der Waals surface area contributed by atoms with Crippen molar-refractivity contribution in [1.82, 2.24) is 0 Å². The molecule has 2 aromatic carbocycles. The van der Waals surface area contributed by atoms with E-state index in [0.717, 1.165) is 11.1 Å². The Kier molecular flexibility index (Phi) is 7.12. The second kappa shape index (κ2) is 9.31. The molecule has 6 nitrogen and oxygen atoms in total. The first-order valence-corrected chi connectivity index (χ1v) is 8.62. The molecule has 0 aliphatic heterocycles. The quantitative estimate of drug-likeness (QED) is 0.438. The topological polar surface area (TPSA) is 110 Å². The SMILES string of the molecule is COc1cc(CC[C@H](O)C[C@H](O)CCc2ccc(O)c(O)c2)ccc1O. The highest BCUT2D eigenvalue weighted by Gasteiger charge is 2.13. The lowest BCUT2D eigenvalue weighted by Gasteiger charge is -2.16. The van der Waals surface area contributed by atoms with Gasteiger partial charge in [0.1, 0.15) is 0 Å². The van der Waals surface area contributed by atoms with Crippen LogP contribution in [0.1, 0.15) is 30.4 Å². The maximum atomic E-state index is 10.1. The highest BCUT2D eigenvalue weighted by Crippen LogP contribution is 2.27. The van der Waals surface area contributed by atoms with Crippen LogP contribution in [0, 0.1) is 0 Å². The minimum atomic E-state index is -0.657. The predicted molar refractivity (Wildman–Crippen MR) is 97.7 cm³/mol. The average molecular weight is 362 g/mol. The first-order valence-electron chi connectivity index (χ1n) is 8.62. The third-order valence-electron chi connectivity index (χ3n) is 4.36. The van der Waals surface area contributed by atoms with Crippen molar-refractivity contribution in [2.45, 2.75) is 44.3 Å². The third kappa shape index (κ3) is 5.82. The van der Waals surface area contributed by atoms with Crippen LogP contribution in [0.25, 0.3) is 0 Å². The number of aliphatic hydroxyl groups excluding tert-OH is 2. The summed E-state index contributed by atoms with van der Waals surface area (Å²) in [4.78, 5) is 0. The van der Waals surface area contributed by atoms with Gasteiger partial charge < -0.3 is 30.3 Å². The fourth-order valence-corrected chi connectivity index (χ4v) is 2.82. The standard InChI is InChI=1S/C20H26O6/c1-26-20-11-14(5-9-18(20)24)3-7-16(22)12-15(21)6-2-13-4-8-17(23)19(25)10-13/h4-5,8-11,15-16,21-25H,2-3,6-7,12H2,1H3/t15-,16+/m1/s1. The minimum Gasteiger partial charge on any atom is -0.504 e. The van der Waals surface area contributed by atoms with E-state index in [1.54, 1.807) is 24.3 Å². The molecular formula is C20H26O6. The highest BCUT2D eigenvalue weighted by molar-refractivity contribution is 5.42. The lowest BCUT2D eigenvalue weighted by atomic mass is 9.99. The van der Waals surface area contributed by atoms with E-state index in [4.69, 9.17) is 4.74 Å². The van der Waals surface area contributed by atoms with Crippen molar-refractivity contribution in [3.05, 3.63) is 47.5 Å². The second-order valence-electron chi connectivity index (χ2n) is 6.45. The van der Waals surface area contributed by atoms with E-state index in [0.29, 0.717) is 31.4 Å². The molecule has 0 fully saturated rings. The monoisotopic (exact) mass is 362 g/mol. The Hall–Kier alpha value is -2.44. The van der Waals surface area contributed by atoms with Crippen molar-refractivity contribution in [2.24, 2.45) is 0 Å². The molecule has 0 saturated heterocycles. The van der Waals surface area contributed by atoms with E-state index >= 15 is 0 Å². The summed E-state index contributed by atoms with van der Waals surface area (Å²) in [6.45, 7) is 0. The number of phenols is 3. The summed E-state index contributed by atoms with van der Waals surface area (Å²) in [6.07, 6.45) is 1.06. The lowest BCUT2D eigenvalue weighted by Crippen LogP contribution is -2.19. The second-order valence-corrected chi connectivity index (χ2v) is 6.45. The zero-order valence-corrected chi connectivity index (χ0v) is 14.8. The molecular weight excluding hydrogens is 336 g/mol. The number of aliphatic hydroxyl groups is 2. The third-order valence-corrected chi connectivity index (χ3v) is 4.36. The maximum absolute atomic E-state index is 10.1. The predicted octanol–water partition coefficient (Wildman–Crippen LogP) is 2.49. The van der Waals surface area contributed by atoms with Crippen molar-refractivity contribution in [3.63, 3.8) is 0 Å². The van der Waals surface area contributed by atoms with Crippen LogP contribution < -0.4 is 4.74 Å². The Morgan fingerprint density at radius 2 is 1.31 bits per heavy atom. The van der Waals surface area contributed by atoms with Gasteiger partial charge in [0.15, 0.2) is 23.0 Å². The normalized spacial score (nSPS) is 13.3. The molecule has 0 aliphatic carbocycles. The van der Waals surface area contributed by atoms with E-state index < -0.39 is 12.2 Å². The van der Waals surface area contributed by atoms with E-state index in [1.165, 1.54) is 19.2 Å². The molecule has 2 aromatic rings. The summed E-state index contributed by atoms with van der Waals surface area (Å²) in [6, 6.07) is 9.64. The minimum absolute atomic E-state index is 0.0764. The molecule has 0 unspecified atom stereocenters. The van der Waals surface area contributed by atoms with Crippen molar-refractivity contribution in [3.8, 4) is 23.0 Å². The van der Waals surface area contributed by atoms with Gasteiger partial charge in [0.2, 0.25) is 0 Å². The smallest absolute Gasteiger partial charge is 0.160 e. The number of aryl methyl sites for hydroxylation is 2. The number of aromatic hydroxyl groups is 3. The summed E-state index contributed by atoms with van der Waals surface area (Å²) in [5, 5.41) is 48.6. The van der Waals surface area contributed by atoms with Crippen molar-refractivity contribution in [2.75, 3.05) is 7.11 Å². The molecule has 0 bridgehead atoms. The van der Waals surface area contributed by atoms with Crippen LogP contribution in [-0.2, 0) is 12.8 Å².